The Morgan fingerprint density at radius 3 is 2.59 bits per heavy atom. The minimum Gasteiger partial charge on any atom is -0.478 e. The van der Waals surface area contributed by atoms with Crippen LogP contribution in [0, 0.1) is 0 Å². The fraction of sp³-hybridized carbons (Fsp3) is 0.267. The van der Waals surface area contributed by atoms with Crippen molar-refractivity contribution in [1.82, 2.24) is 10.2 Å². The number of nitrogens with one attached hydrogen (secondary N) is 2. The number of aromatic nitrogens is 2. The number of ether oxygens (including phenoxy) is 1. The molecule has 0 aliphatic heterocycles. The van der Waals surface area contributed by atoms with Crippen molar-refractivity contribution in [3.63, 3.8) is 0 Å². The SMILES string of the molecule is CC(C)(C)OC(=O)Nc1ccccc1-c1[nH]ncc1C(=O)O. The second kappa shape index (κ2) is 5.88. The molecule has 0 bridgehead atoms. The largest absolute Gasteiger partial charge is 0.478 e. The average Bonchev–Trinajstić information content (AvgIpc) is 2.86. The molecule has 1 heterocycles. The Hall–Kier alpha value is -2.83. The quantitative estimate of drug-likeness (QED) is 0.808. The standard InChI is InChI=1S/C15H17N3O4/c1-15(2,3)22-14(21)17-11-7-5-4-6-9(11)12-10(13(19)20)8-16-18-12/h4-8H,1-3H3,(H,16,18)(H,17,21)(H,19,20). The molecular weight excluding hydrogens is 286 g/mol. The normalized spacial score (nSPS) is 11.0. The zero-order valence-electron chi connectivity index (χ0n) is 12.5. The van der Waals surface area contributed by atoms with Gasteiger partial charge >= 0.3 is 12.1 Å². The van der Waals surface area contributed by atoms with E-state index in [-0.39, 0.29) is 5.56 Å². The average molecular weight is 303 g/mol. The number of rotatable bonds is 3. The van der Waals surface area contributed by atoms with Gasteiger partial charge in [0.2, 0.25) is 0 Å². The topological polar surface area (TPSA) is 104 Å². The van der Waals surface area contributed by atoms with E-state index in [1.54, 1.807) is 45.0 Å². The number of hydrogen-bond donors (Lipinski definition) is 3. The number of hydrogen-bond acceptors (Lipinski definition) is 4. The van der Waals surface area contributed by atoms with Gasteiger partial charge in [0.25, 0.3) is 0 Å². The molecule has 0 aliphatic rings. The van der Waals surface area contributed by atoms with Crippen molar-refractivity contribution in [1.29, 1.82) is 0 Å². The Morgan fingerprint density at radius 2 is 1.95 bits per heavy atom. The summed E-state index contributed by atoms with van der Waals surface area (Å²) in [6.45, 7) is 5.28. The lowest BCUT2D eigenvalue weighted by molar-refractivity contribution is 0.0634. The van der Waals surface area contributed by atoms with Crippen LogP contribution in [0.3, 0.4) is 0 Å². The second-order valence-electron chi connectivity index (χ2n) is 5.64. The third kappa shape index (κ3) is 3.63. The number of carboxylic acids is 1. The van der Waals surface area contributed by atoms with Crippen LogP contribution in [-0.4, -0.2) is 33.0 Å². The number of carbonyl (C=O) groups is 2. The molecule has 7 nitrogen and oxygen atoms in total. The van der Waals surface area contributed by atoms with Gasteiger partial charge in [-0.25, -0.2) is 9.59 Å². The number of aromatic amines is 1. The lowest BCUT2D eigenvalue weighted by Gasteiger charge is -2.20. The molecule has 0 aliphatic carbocycles. The van der Waals surface area contributed by atoms with Crippen molar-refractivity contribution < 1.29 is 19.4 Å². The van der Waals surface area contributed by atoms with Crippen LogP contribution in [0.2, 0.25) is 0 Å². The molecule has 0 saturated carbocycles. The van der Waals surface area contributed by atoms with Gasteiger partial charge in [0.15, 0.2) is 0 Å². The Morgan fingerprint density at radius 1 is 1.27 bits per heavy atom. The summed E-state index contributed by atoms with van der Waals surface area (Å²) in [4.78, 5) is 23.1. The Balaban J connectivity index is 2.33. The number of benzene rings is 1. The predicted molar refractivity (Wildman–Crippen MR) is 80.8 cm³/mol. The van der Waals surface area contributed by atoms with Crippen molar-refractivity contribution >= 4 is 17.7 Å². The Labute approximate surface area is 127 Å². The van der Waals surface area contributed by atoms with Crippen LogP contribution in [0.1, 0.15) is 31.1 Å². The first kappa shape index (κ1) is 15.6. The van der Waals surface area contributed by atoms with Crippen LogP contribution in [0.15, 0.2) is 30.5 Å². The molecular formula is C15H17N3O4. The fourth-order valence-electron chi connectivity index (χ4n) is 1.88. The van der Waals surface area contributed by atoms with E-state index in [1.807, 2.05) is 0 Å². The highest BCUT2D eigenvalue weighted by Crippen LogP contribution is 2.29. The maximum Gasteiger partial charge on any atom is 0.412 e. The van der Waals surface area contributed by atoms with E-state index in [0.717, 1.165) is 0 Å². The van der Waals surface area contributed by atoms with Crippen LogP contribution in [-0.2, 0) is 4.74 Å². The zero-order chi connectivity index (χ0) is 16.3. The van der Waals surface area contributed by atoms with E-state index < -0.39 is 17.7 Å². The molecule has 2 aromatic rings. The molecule has 116 valence electrons. The third-order valence-electron chi connectivity index (χ3n) is 2.70. The summed E-state index contributed by atoms with van der Waals surface area (Å²) in [6, 6.07) is 6.81. The lowest BCUT2D eigenvalue weighted by Crippen LogP contribution is -2.27. The number of nitrogens with zero attached hydrogens (tertiary/aromatic N) is 1. The van der Waals surface area contributed by atoms with Gasteiger partial charge in [0, 0.05) is 5.56 Å². The first-order chi connectivity index (χ1) is 10.3. The first-order valence-corrected chi connectivity index (χ1v) is 6.64. The predicted octanol–water partition coefficient (Wildman–Crippen LogP) is 3.12. The highest BCUT2D eigenvalue weighted by Gasteiger charge is 2.20. The number of carbonyl (C=O) groups excluding carboxylic acids is 1. The summed E-state index contributed by atoms with van der Waals surface area (Å²) in [5, 5.41) is 18.2. The number of amides is 1. The van der Waals surface area contributed by atoms with Gasteiger partial charge < -0.3 is 9.84 Å². The summed E-state index contributed by atoms with van der Waals surface area (Å²) >= 11 is 0. The molecule has 1 aromatic heterocycles. The number of anilines is 1. The van der Waals surface area contributed by atoms with Crippen molar-refractivity contribution in [2.45, 2.75) is 26.4 Å². The highest BCUT2D eigenvalue weighted by atomic mass is 16.6. The summed E-state index contributed by atoms with van der Waals surface area (Å²) < 4.78 is 5.20. The Kier molecular flexibility index (Phi) is 4.16. The monoisotopic (exact) mass is 303 g/mol. The molecule has 3 N–H and O–H groups in total. The van der Waals surface area contributed by atoms with Gasteiger partial charge in [-0.1, -0.05) is 18.2 Å². The number of H-pyrrole nitrogens is 1. The van der Waals surface area contributed by atoms with Gasteiger partial charge in [0.1, 0.15) is 11.2 Å². The summed E-state index contributed by atoms with van der Waals surface area (Å²) in [5.74, 6) is -1.10. The van der Waals surface area contributed by atoms with Gasteiger partial charge in [0.05, 0.1) is 17.6 Å². The summed E-state index contributed by atoms with van der Waals surface area (Å²) in [7, 11) is 0. The second-order valence-corrected chi connectivity index (χ2v) is 5.64. The van der Waals surface area contributed by atoms with E-state index in [9.17, 15) is 9.59 Å². The van der Waals surface area contributed by atoms with Crippen molar-refractivity contribution in [3.05, 3.63) is 36.0 Å². The van der Waals surface area contributed by atoms with Crippen molar-refractivity contribution in [2.24, 2.45) is 0 Å². The highest BCUT2D eigenvalue weighted by molar-refractivity contribution is 5.98. The minimum atomic E-state index is -1.10. The van der Waals surface area contributed by atoms with E-state index in [2.05, 4.69) is 15.5 Å². The maximum absolute atomic E-state index is 11.9. The van der Waals surface area contributed by atoms with E-state index in [1.165, 1.54) is 6.20 Å². The summed E-state index contributed by atoms with van der Waals surface area (Å²) in [5.41, 5.74) is 0.670. The zero-order valence-corrected chi connectivity index (χ0v) is 12.5. The molecule has 0 radical (unpaired) electrons. The van der Waals surface area contributed by atoms with Gasteiger partial charge in [-0.2, -0.15) is 5.10 Å². The molecule has 7 heteroatoms. The summed E-state index contributed by atoms with van der Waals surface area (Å²) in [6.07, 6.45) is 0.610. The Bertz CT molecular complexity index is 701. The molecule has 22 heavy (non-hydrogen) atoms. The molecule has 1 aromatic carbocycles. The van der Waals surface area contributed by atoms with Gasteiger partial charge in [-0.05, 0) is 26.8 Å². The molecule has 0 fully saturated rings. The van der Waals surface area contributed by atoms with E-state index in [0.29, 0.717) is 16.9 Å². The molecule has 2 rings (SSSR count). The van der Waals surface area contributed by atoms with Gasteiger partial charge in [-0.15, -0.1) is 0 Å². The van der Waals surface area contributed by atoms with Crippen molar-refractivity contribution in [2.75, 3.05) is 5.32 Å². The first-order valence-electron chi connectivity index (χ1n) is 6.64. The van der Waals surface area contributed by atoms with Crippen LogP contribution in [0.4, 0.5) is 10.5 Å². The number of para-hydroxylation sites is 1. The molecule has 0 saturated heterocycles. The molecule has 1 amide bonds. The van der Waals surface area contributed by atoms with Crippen LogP contribution < -0.4 is 5.32 Å². The molecule has 0 atom stereocenters. The molecule has 0 spiro atoms. The smallest absolute Gasteiger partial charge is 0.412 e. The number of carboxylic acid groups (broad SMARTS) is 1. The molecule has 0 unspecified atom stereocenters. The fourth-order valence-corrected chi connectivity index (χ4v) is 1.88. The van der Waals surface area contributed by atoms with Gasteiger partial charge in [-0.3, -0.25) is 10.4 Å². The third-order valence-corrected chi connectivity index (χ3v) is 2.70. The van der Waals surface area contributed by atoms with Crippen LogP contribution >= 0.6 is 0 Å². The maximum atomic E-state index is 11.9. The minimum absolute atomic E-state index is 0.0263. The van der Waals surface area contributed by atoms with Crippen LogP contribution in [0.25, 0.3) is 11.3 Å². The lowest BCUT2D eigenvalue weighted by atomic mass is 10.1. The number of aromatic carboxylic acids is 1. The van der Waals surface area contributed by atoms with Crippen molar-refractivity contribution in [3.8, 4) is 11.3 Å². The van der Waals surface area contributed by atoms with E-state index >= 15 is 0 Å². The van der Waals surface area contributed by atoms with Crippen LogP contribution in [0.5, 0.6) is 0 Å². The van der Waals surface area contributed by atoms with E-state index in [4.69, 9.17) is 9.84 Å².